The van der Waals surface area contributed by atoms with Gasteiger partial charge in [-0.25, -0.2) is 0 Å². The molecule has 1 rings (SSSR count). The Morgan fingerprint density at radius 1 is 1.62 bits per heavy atom. The van der Waals surface area contributed by atoms with E-state index < -0.39 is 0 Å². The van der Waals surface area contributed by atoms with Crippen LogP contribution in [0.3, 0.4) is 0 Å². The van der Waals surface area contributed by atoms with Crippen LogP contribution in [0.5, 0.6) is 0 Å². The first-order chi connectivity index (χ1) is 6.27. The normalized spacial score (nSPS) is 8.85. The summed E-state index contributed by atoms with van der Waals surface area (Å²) in [4.78, 5) is 24.9. The van der Waals surface area contributed by atoms with E-state index in [1.54, 1.807) is 0 Å². The molecular formula is C9H6N2O2. The van der Waals surface area contributed by atoms with Crippen LogP contribution < -0.4 is 0 Å². The van der Waals surface area contributed by atoms with Crippen LogP contribution in [0.2, 0.25) is 0 Å². The summed E-state index contributed by atoms with van der Waals surface area (Å²) in [5.41, 5.74) is 0.614. The molecule has 0 unspecified atom stereocenters. The lowest BCUT2D eigenvalue weighted by molar-refractivity contribution is -0.107. The SMILES string of the molecule is N#Cc1cncc(C(=O)CC=O)c1. The summed E-state index contributed by atoms with van der Waals surface area (Å²) in [6.07, 6.45) is 3.06. The molecule has 4 heteroatoms. The Labute approximate surface area is 74.8 Å². The van der Waals surface area contributed by atoms with Gasteiger partial charge in [-0.05, 0) is 6.07 Å². The van der Waals surface area contributed by atoms with Crippen LogP contribution in [0.4, 0.5) is 0 Å². The van der Waals surface area contributed by atoms with E-state index in [-0.39, 0.29) is 12.2 Å². The molecule has 0 amide bonds. The molecule has 1 aromatic heterocycles. The van der Waals surface area contributed by atoms with Crippen molar-refractivity contribution in [1.82, 2.24) is 4.98 Å². The Kier molecular flexibility index (Phi) is 2.87. The van der Waals surface area contributed by atoms with Crippen molar-refractivity contribution in [2.24, 2.45) is 0 Å². The van der Waals surface area contributed by atoms with Gasteiger partial charge in [0.05, 0.1) is 12.0 Å². The maximum Gasteiger partial charge on any atom is 0.171 e. The van der Waals surface area contributed by atoms with E-state index in [1.807, 2.05) is 6.07 Å². The number of carbonyl (C=O) groups is 2. The van der Waals surface area contributed by atoms with Gasteiger partial charge in [0.1, 0.15) is 12.4 Å². The van der Waals surface area contributed by atoms with Crippen molar-refractivity contribution in [2.45, 2.75) is 6.42 Å². The highest BCUT2D eigenvalue weighted by atomic mass is 16.1. The van der Waals surface area contributed by atoms with E-state index in [2.05, 4.69) is 4.98 Å². The minimum atomic E-state index is -0.320. The lowest BCUT2D eigenvalue weighted by Gasteiger charge is -1.95. The average Bonchev–Trinajstić information content (AvgIpc) is 2.18. The van der Waals surface area contributed by atoms with Gasteiger partial charge in [-0.1, -0.05) is 0 Å². The summed E-state index contributed by atoms with van der Waals surface area (Å²) in [6.45, 7) is 0. The number of hydrogen-bond donors (Lipinski definition) is 0. The molecular weight excluding hydrogens is 168 g/mol. The molecule has 0 saturated carbocycles. The molecule has 4 nitrogen and oxygen atoms in total. The van der Waals surface area contributed by atoms with Crippen molar-refractivity contribution < 1.29 is 9.59 Å². The Balaban J connectivity index is 2.96. The second-order valence-electron chi connectivity index (χ2n) is 2.37. The van der Waals surface area contributed by atoms with E-state index in [0.29, 0.717) is 17.4 Å². The van der Waals surface area contributed by atoms with Gasteiger partial charge >= 0.3 is 0 Å². The van der Waals surface area contributed by atoms with Gasteiger partial charge in [0.25, 0.3) is 0 Å². The van der Waals surface area contributed by atoms with Gasteiger partial charge in [0.2, 0.25) is 0 Å². The highest BCUT2D eigenvalue weighted by Crippen LogP contribution is 2.03. The third-order valence-electron chi connectivity index (χ3n) is 1.46. The fraction of sp³-hybridized carbons (Fsp3) is 0.111. The first-order valence-corrected chi connectivity index (χ1v) is 3.60. The molecule has 0 aliphatic carbocycles. The van der Waals surface area contributed by atoms with E-state index in [9.17, 15) is 9.59 Å². The zero-order valence-corrected chi connectivity index (χ0v) is 6.73. The highest BCUT2D eigenvalue weighted by molar-refractivity contribution is 6.02. The van der Waals surface area contributed by atoms with Gasteiger partial charge in [0.15, 0.2) is 5.78 Å². The molecule has 13 heavy (non-hydrogen) atoms. The van der Waals surface area contributed by atoms with Crippen molar-refractivity contribution in [3.63, 3.8) is 0 Å². The minimum absolute atomic E-state index is 0.170. The second-order valence-corrected chi connectivity index (χ2v) is 2.37. The summed E-state index contributed by atoms with van der Waals surface area (Å²) in [6, 6.07) is 3.28. The molecule has 0 fully saturated rings. The maximum atomic E-state index is 11.1. The fourth-order valence-electron chi connectivity index (χ4n) is 0.847. The predicted molar refractivity (Wildman–Crippen MR) is 44.0 cm³/mol. The average molecular weight is 174 g/mol. The van der Waals surface area contributed by atoms with Crippen LogP contribution in [0.25, 0.3) is 0 Å². The number of nitrogens with zero attached hydrogens (tertiary/aromatic N) is 2. The molecule has 0 spiro atoms. The third kappa shape index (κ3) is 2.20. The van der Waals surface area contributed by atoms with Crippen LogP contribution in [0, 0.1) is 11.3 Å². The molecule has 0 aliphatic rings. The van der Waals surface area contributed by atoms with Crippen molar-refractivity contribution in [3.05, 3.63) is 29.6 Å². The zero-order valence-electron chi connectivity index (χ0n) is 6.73. The smallest absolute Gasteiger partial charge is 0.171 e. The second kappa shape index (κ2) is 4.12. The standard InChI is InChI=1S/C9H6N2O2/c10-4-7-3-8(6-11-5-7)9(13)1-2-12/h2-3,5-6H,1H2. The number of aromatic nitrogens is 1. The lowest BCUT2D eigenvalue weighted by Crippen LogP contribution is -2.00. The van der Waals surface area contributed by atoms with Crippen LogP contribution in [0.1, 0.15) is 22.3 Å². The van der Waals surface area contributed by atoms with Crippen molar-refractivity contribution in [2.75, 3.05) is 0 Å². The highest BCUT2D eigenvalue weighted by Gasteiger charge is 2.05. The fourth-order valence-corrected chi connectivity index (χ4v) is 0.847. The Morgan fingerprint density at radius 2 is 2.38 bits per heavy atom. The van der Waals surface area contributed by atoms with Crippen LogP contribution in [-0.2, 0) is 4.79 Å². The van der Waals surface area contributed by atoms with E-state index in [0.717, 1.165) is 0 Å². The molecule has 0 bridgehead atoms. The molecule has 0 atom stereocenters. The van der Waals surface area contributed by atoms with Crippen LogP contribution in [0.15, 0.2) is 18.5 Å². The molecule has 0 radical (unpaired) electrons. The topological polar surface area (TPSA) is 70.8 Å². The summed E-state index contributed by atoms with van der Waals surface area (Å²) in [5.74, 6) is -0.320. The first kappa shape index (κ1) is 9.07. The summed E-state index contributed by atoms with van der Waals surface area (Å²) in [5, 5.41) is 8.50. The third-order valence-corrected chi connectivity index (χ3v) is 1.46. The summed E-state index contributed by atoms with van der Waals surface area (Å²) < 4.78 is 0. The van der Waals surface area contributed by atoms with E-state index >= 15 is 0 Å². The Bertz CT molecular complexity index is 379. The number of ketones is 1. The molecule has 64 valence electrons. The molecule has 0 aliphatic heterocycles. The predicted octanol–water partition coefficient (Wildman–Crippen LogP) is 0.725. The molecule has 0 saturated heterocycles. The number of rotatable bonds is 3. The number of nitriles is 1. The molecule has 1 aromatic rings. The maximum absolute atomic E-state index is 11.1. The number of aldehydes is 1. The number of hydrogen-bond acceptors (Lipinski definition) is 4. The van der Waals surface area contributed by atoms with Crippen LogP contribution in [-0.4, -0.2) is 17.1 Å². The zero-order chi connectivity index (χ0) is 9.68. The van der Waals surface area contributed by atoms with Crippen molar-refractivity contribution >= 4 is 12.1 Å². The lowest BCUT2D eigenvalue weighted by atomic mass is 10.1. The van der Waals surface area contributed by atoms with E-state index in [4.69, 9.17) is 5.26 Å². The first-order valence-electron chi connectivity index (χ1n) is 3.60. The van der Waals surface area contributed by atoms with Gasteiger partial charge in [-0.2, -0.15) is 5.26 Å². The minimum Gasteiger partial charge on any atom is -0.303 e. The summed E-state index contributed by atoms with van der Waals surface area (Å²) in [7, 11) is 0. The number of pyridine rings is 1. The largest absolute Gasteiger partial charge is 0.303 e. The number of carbonyl (C=O) groups excluding carboxylic acids is 2. The van der Waals surface area contributed by atoms with Gasteiger partial charge in [0, 0.05) is 18.0 Å². The quantitative estimate of drug-likeness (QED) is 0.384. The Morgan fingerprint density at radius 3 is 3.00 bits per heavy atom. The van der Waals surface area contributed by atoms with Gasteiger partial charge in [-0.15, -0.1) is 0 Å². The van der Waals surface area contributed by atoms with Crippen molar-refractivity contribution in [1.29, 1.82) is 5.26 Å². The summed E-state index contributed by atoms with van der Waals surface area (Å²) >= 11 is 0. The van der Waals surface area contributed by atoms with Crippen LogP contribution >= 0.6 is 0 Å². The Hall–Kier alpha value is -2.02. The van der Waals surface area contributed by atoms with Gasteiger partial charge < -0.3 is 4.79 Å². The van der Waals surface area contributed by atoms with Gasteiger partial charge in [-0.3, -0.25) is 9.78 Å². The van der Waals surface area contributed by atoms with E-state index in [1.165, 1.54) is 18.5 Å². The molecule has 0 aromatic carbocycles. The monoisotopic (exact) mass is 174 g/mol. The number of Topliss-reactive ketones (excluding diaryl/α,β-unsaturated/α-hetero) is 1. The van der Waals surface area contributed by atoms with Crippen molar-refractivity contribution in [3.8, 4) is 6.07 Å². The molecule has 1 heterocycles. The molecule has 0 N–H and O–H groups in total.